The smallest absolute Gasteiger partial charge is 0.255 e. The molecule has 0 aliphatic carbocycles. The van der Waals surface area contributed by atoms with E-state index < -0.39 is 0 Å². The fraction of sp³-hybridized carbons (Fsp3) is 0.500. The van der Waals surface area contributed by atoms with Crippen LogP contribution >= 0.6 is 0 Å². The molecule has 3 N–H and O–H groups in total. The molecule has 1 atom stereocenters. The zero-order valence-electron chi connectivity index (χ0n) is 12.9. The second-order valence-electron chi connectivity index (χ2n) is 5.81. The Labute approximate surface area is 125 Å². The van der Waals surface area contributed by atoms with Crippen molar-refractivity contribution in [1.29, 1.82) is 0 Å². The maximum atomic E-state index is 12.9. The number of rotatable bonds is 2. The molecule has 5 heteroatoms. The van der Waals surface area contributed by atoms with Crippen LogP contribution in [0.15, 0.2) is 17.3 Å². The molecule has 0 aromatic heterocycles. The van der Waals surface area contributed by atoms with Gasteiger partial charge in [0, 0.05) is 12.1 Å². The molecule has 21 heavy (non-hydrogen) atoms. The van der Waals surface area contributed by atoms with Gasteiger partial charge in [0.15, 0.2) is 5.84 Å². The molecule has 1 saturated heterocycles. The molecule has 114 valence electrons. The van der Waals surface area contributed by atoms with Crippen molar-refractivity contribution in [3.8, 4) is 0 Å². The van der Waals surface area contributed by atoms with Crippen LogP contribution in [0, 0.1) is 20.8 Å². The summed E-state index contributed by atoms with van der Waals surface area (Å²) in [7, 11) is 0. The zero-order valence-corrected chi connectivity index (χ0v) is 12.9. The molecule has 1 amide bonds. The maximum Gasteiger partial charge on any atom is 0.255 e. The van der Waals surface area contributed by atoms with Crippen molar-refractivity contribution < 1.29 is 10.0 Å². The van der Waals surface area contributed by atoms with Crippen LogP contribution in [-0.4, -0.2) is 34.4 Å². The van der Waals surface area contributed by atoms with Crippen LogP contribution in [0.25, 0.3) is 0 Å². The van der Waals surface area contributed by atoms with E-state index in [4.69, 9.17) is 10.9 Å². The highest BCUT2D eigenvalue weighted by atomic mass is 16.4. The first kappa shape index (κ1) is 15.4. The summed E-state index contributed by atoms with van der Waals surface area (Å²) < 4.78 is 0. The lowest BCUT2D eigenvalue weighted by molar-refractivity contribution is 0.0675. The number of benzene rings is 1. The molecule has 1 aliphatic rings. The number of hydrogen-bond donors (Lipinski definition) is 2. The third-order valence-electron chi connectivity index (χ3n) is 4.11. The van der Waals surface area contributed by atoms with Crippen LogP contribution < -0.4 is 5.73 Å². The minimum atomic E-state index is -0.309. The fourth-order valence-electron chi connectivity index (χ4n) is 3.21. The van der Waals surface area contributed by atoms with Gasteiger partial charge in [-0.1, -0.05) is 22.9 Å². The summed E-state index contributed by atoms with van der Waals surface area (Å²) in [4.78, 5) is 14.7. The first-order chi connectivity index (χ1) is 9.95. The summed E-state index contributed by atoms with van der Waals surface area (Å²) in [5, 5.41) is 12.0. The van der Waals surface area contributed by atoms with E-state index in [1.165, 1.54) is 0 Å². The van der Waals surface area contributed by atoms with Gasteiger partial charge in [-0.15, -0.1) is 0 Å². The minimum Gasteiger partial charge on any atom is -0.409 e. The van der Waals surface area contributed by atoms with E-state index in [0.717, 1.165) is 41.5 Å². The molecule has 0 radical (unpaired) electrons. The van der Waals surface area contributed by atoms with Crippen LogP contribution in [0.2, 0.25) is 0 Å². The molecule has 1 aromatic rings. The van der Waals surface area contributed by atoms with E-state index in [1.54, 1.807) is 4.90 Å². The third kappa shape index (κ3) is 3.01. The van der Waals surface area contributed by atoms with Crippen molar-refractivity contribution in [2.45, 2.75) is 46.1 Å². The number of oxime groups is 1. The normalized spacial score (nSPS) is 19.7. The fourth-order valence-corrected chi connectivity index (χ4v) is 3.21. The summed E-state index contributed by atoms with van der Waals surface area (Å²) in [5.74, 6) is 0.0896. The van der Waals surface area contributed by atoms with Gasteiger partial charge in [-0.25, -0.2) is 0 Å². The predicted molar refractivity (Wildman–Crippen MR) is 82.7 cm³/mol. The lowest BCUT2D eigenvalue weighted by Crippen LogP contribution is -2.50. The Bertz CT molecular complexity index is 558. The second-order valence-corrected chi connectivity index (χ2v) is 5.81. The van der Waals surface area contributed by atoms with Gasteiger partial charge >= 0.3 is 0 Å². The molecule has 1 fully saturated rings. The van der Waals surface area contributed by atoms with Gasteiger partial charge in [-0.2, -0.15) is 0 Å². The van der Waals surface area contributed by atoms with Crippen LogP contribution in [0.1, 0.15) is 46.3 Å². The van der Waals surface area contributed by atoms with E-state index in [9.17, 15) is 4.79 Å². The monoisotopic (exact) mass is 289 g/mol. The maximum absolute atomic E-state index is 12.9. The lowest BCUT2D eigenvalue weighted by Gasteiger charge is -2.35. The molecule has 1 aliphatic heterocycles. The quantitative estimate of drug-likeness (QED) is 0.379. The number of aryl methyl sites for hydroxylation is 3. The van der Waals surface area contributed by atoms with Gasteiger partial charge < -0.3 is 15.8 Å². The summed E-state index contributed by atoms with van der Waals surface area (Å²) in [6.45, 7) is 6.58. The van der Waals surface area contributed by atoms with Crippen molar-refractivity contribution in [1.82, 2.24) is 4.90 Å². The lowest BCUT2D eigenvalue weighted by atomic mass is 9.95. The van der Waals surface area contributed by atoms with Gasteiger partial charge in [0.05, 0.1) is 6.04 Å². The predicted octanol–water partition coefficient (Wildman–Crippen LogP) is 2.35. The number of nitrogens with two attached hydrogens (primary N) is 1. The third-order valence-corrected chi connectivity index (χ3v) is 4.11. The van der Waals surface area contributed by atoms with E-state index in [0.29, 0.717) is 6.54 Å². The Morgan fingerprint density at radius 2 is 1.90 bits per heavy atom. The Hall–Kier alpha value is -2.04. The Morgan fingerprint density at radius 3 is 2.48 bits per heavy atom. The van der Waals surface area contributed by atoms with E-state index in [2.05, 4.69) is 5.16 Å². The van der Waals surface area contributed by atoms with Crippen molar-refractivity contribution in [3.05, 3.63) is 34.4 Å². The highest BCUT2D eigenvalue weighted by Crippen LogP contribution is 2.24. The van der Waals surface area contributed by atoms with Crippen LogP contribution in [-0.2, 0) is 0 Å². The molecular weight excluding hydrogens is 266 g/mol. The standard InChI is InChI=1S/C16H23N3O2/c1-10-8-11(2)14(12(3)9-10)16(20)19-7-5-4-6-13(19)15(17)18-21/h8-9,13,21H,4-7H2,1-3H3,(H2,17,18). The molecule has 1 heterocycles. The molecule has 0 bridgehead atoms. The van der Waals surface area contributed by atoms with Crippen LogP contribution in [0.3, 0.4) is 0 Å². The molecular formula is C16H23N3O2. The highest BCUT2D eigenvalue weighted by Gasteiger charge is 2.31. The Balaban J connectivity index is 2.38. The van der Waals surface area contributed by atoms with Crippen molar-refractivity contribution in [3.63, 3.8) is 0 Å². The van der Waals surface area contributed by atoms with Gasteiger partial charge in [-0.05, 0) is 51.2 Å². The summed E-state index contributed by atoms with van der Waals surface area (Å²) in [6.07, 6.45) is 2.67. The number of carbonyl (C=O) groups excluding carboxylic acids is 1. The first-order valence-corrected chi connectivity index (χ1v) is 7.32. The number of amides is 1. The average Bonchev–Trinajstić information content (AvgIpc) is 2.45. The van der Waals surface area contributed by atoms with E-state index in [-0.39, 0.29) is 17.8 Å². The number of carbonyl (C=O) groups is 1. The largest absolute Gasteiger partial charge is 0.409 e. The zero-order chi connectivity index (χ0) is 15.6. The van der Waals surface area contributed by atoms with E-state index >= 15 is 0 Å². The molecule has 5 nitrogen and oxygen atoms in total. The van der Waals surface area contributed by atoms with E-state index in [1.807, 2.05) is 32.9 Å². The Morgan fingerprint density at radius 1 is 1.29 bits per heavy atom. The first-order valence-electron chi connectivity index (χ1n) is 7.32. The number of amidine groups is 1. The molecule has 1 unspecified atom stereocenters. The molecule has 1 aromatic carbocycles. The van der Waals surface area contributed by atoms with Crippen LogP contribution in [0.5, 0.6) is 0 Å². The Kier molecular flexibility index (Phi) is 4.50. The second kappa shape index (κ2) is 6.16. The van der Waals surface area contributed by atoms with Gasteiger partial charge in [-0.3, -0.25) is 4.79 Å². The van der Waals surface area contributed by atoms with Gasteiger partial charge in [0.2, 0.25) is 0 Å². The van der Waals surface area contributed by atoms with Crippen molar-refractivity contribution in [2.24, 2.45) is 10.9 Å². The minimum absolute atomic E-state index is 0.0266. The topological polar surface area (TPSA) is 78.9 Å². The van der Waals surface area contributed by atoms with Crippen molar-refractivity contribution in [2.75, 3.05) is 6.54 Å². The molecule has 0 spiro atoms. The van der Waals surface area contributed by atoms with Gasteiger partial charge in [0.1, 0.15) is 0 Å². The number of likely N-dealkylation sites (tertiary alicyclic amines) is 1. The summed E-state index contributed by atoms with van der Waals surface area (Å²) in [6, 6.07) is 3.72. The van der Waals surface area contributed by atoms with Crippen LogP contribution in [0.4, 0.5) is 0 Å². The number of piperidine rings is 1. The van der Waals surface area contributed by atoms with Gasteiger partial charge in [0.25, 0.3) is 5.91 Å². The number of nitrogens with zero attached hydrogens (tertiary/aromatic N) is 2. The molecule has 2 rings (SSSR count). The summed E-state index contributed by atoms with van der Waals surface area (Å²) in [5.41, 5.74) is 9.59. The average molecular weight is 289 g/mol. The molecule has 0 saturated carbocycles. The van der Waals surface area contributed by atoms with Crippen molar-refractivity contribution >= 4 is 11.7 Å². The SMILES string of the molecule is Cc1cc(C)c(C(=O)N2CCCCC2C(N)=NO)c(C)c1. The summed E-state index contributed by atoms with van der Waals surface area (Å²) >= 11 is 0. The number of hydrogen-bond acceptors (Lipinski definition) is 3. The highest BCUT2D eigenvalue weighted by molar-refractivity contribution is 6.00.